The monoisotopic (exact) mass is 503 g/mol. The molecule has 9 heteroatoms. The first-order valence-corrected chi connectivity index (χ1v) is 11.7. The second kappa shape index (κ2) is 13.0. The van der Waals surface area contributed by atoms with Crippen molar-refractivity contribution >= 4 is 17.7 Å². The van der Waals surface area contributed by atoms with Crippen LogP contribution >= 0.6 is 0 Å². The predicted molar refractivity (Wildman–Crippen MR) is 130 cm³/mol. The van der Waals surface area contributed by atoms with Crippen LogP contribution in [0.2, 0.25) is 0 Å². The van der Waals surface area contributed by atoms with Crippen LogP contribution in [0.15, 0.2) is 30.5 Å². The first-order chi connectivity index (χ1) is 17.0. The Labute approximate surface area is 211 Å². The van der Waals surface area contributed by atoms with Crippen molar-refractivity contribution in [2.45, 2.75) is 60.0 Å². The zero-order valence-corrected chi connectivity index (χ0v) is 21.8. The number of ketones is 1. The topological polar surface area (TPSA) is 101 Å². The fraction of sp³-hybridized carbons (Fsp3) is 0.481. The smallest absolute Gasteiger partial charge is 0.309 e. The Morgan fingerprint density at radius 3 is 2.36 bits per heavy atom. The van der Waals surface area contributed by atoms with Gasteiger partial charge in [-0.25, -0.2) is 9.37 Å². The molecule has 196 valence electrons. The molecule has 0 bridgehead atoms. The van der Waals surface area contributed by atoms with E-state index in [1.807, 2.05) is 20.8 Å². The molecule has 0 aliphatic heterocycles. The summed E-state index contributed by atoms with van der Waals surface area (Å²) in [6, 6.07) is 6.08. The summed E-state index contributed by atoms with van der Waals surface area (Å²) >= 11 is 0. The summed E-state index contributed by atoms with van der Waals surface area (Å²) in [5, 5.41) is 0. The summed E-state index contributed by atoms with van der Waals surface area (Å²) in [5.74, 6) is -2.41. The number of rotatable bonds is 12. The van der Waals surface area contributed by atoms with Crippen molar-refractivity contribution in [3.05, 3.63) is 53.1 Å². The van der Waals surface area contributed by atoms with Gasteiger partial charge in [0.25, 0.3) is 0 Å². The van der Waals surface area contributed by atoms with Gasteiger partial charge in [-0.2, -0.15) is 0 Å². The van der Waals surface area contributed by atoms with Gasteiger partial charge in [-0.05, 0) is 43.0 Å². The molecule has 0 spiro atoms. The maximum atomic E-state index is 13.6. The molecule has 0 fully saturated rings. The van der Waals surface area contributed by atoms with Crippen molar-refractivity contribution in [1.29, 1.82) is 0 Å². The molecule has 0 saturated carbocycles. The number of aromatic nitrogens is 1. The van der Waals surface area contributed by atoms with E-state index in [0.717, 1.165) is 11.1 Å². The number of halogens is 1. The predicted octanol–water partition coefficient (Wildman–Crippen LogP) is 5.02. The summed E-state index contributed by atoms with van der Waals surface area (Å²) in [6.45, 7) is 10.0. The molecule has 0 amide bonds. The quantitative estimate of drug-likeness (QED) is 0.226. The average Bonchev–Trinajstić information content (AvgIpc) is 2.80. The molecule has 2 aromatic rings. The van der Waals surface area contributed by atoms with Crippen molar-refractivity contribution in [2.24, 2.45) is 11.8 Å². The highest BCUT2D eigenvalue weighted by Crippen LogP contribution is 2.34. The normalized spacial score (nSPS) is 13.5. The minimum atomic E-state index is -0.767. The van der Waals surface area contributed by atoms with Crippen LogP contribution in [-0.2, 0) is 19.1 Å². The number of ether oxygens (including phenoxy) is 4. The number of carbonyl (C=O) groups is 3. The van der Waals surface area contributed by atoms with E-state index in [0.29, 0.717) is 0 Å². The largest absolute Gasteiger partial charge is 0.493 e. The van der Waals surface area contributed by atoms with Crippen LogP contribution < -0.4 is 9.47 Å². The van der Waals surface area contributed by atoms with E-state index in [2.05, 4.69) is 4.98 Å². The maximum absolute atomic E-state index is 13.6. The molecule has 36 heavy (non-hydrogen) atoms. The second-order valence-electron chi connectivity index (χ2n) is 9.03. The average molecular weight is 504 g/mol. The molecule has 3 atom stereocenters. The van der Waals surface area contributed by atoms with Gasteiger partial charge in [0.1, 0.15) is 11.9 Å². The van der Waals surface area contributed by atoms with Gasteiger partial charge in [-0.15, -0.1) is 0 Å². The number of hydrogen-bond acceptors (Lipinski definition) is 8. The lowest BCUT2D eigenvalue weighted by atomic mass is 9.82. The van der Waals surface area contributed by atoms with Gasteiger partial charge in [0.15, 0.2) is 23.0 Å². The van der Waals surface area contributed by atoms with Gasteiger partial charge >= 0.3 is 11.9 Å². The van der Waals surface area contributed by atoms with Gasteiger partial charge < -0.3 is 18.9 Å². The number of carbonyl (C=O) groups excluding carboxylic acids is 3. The second-order valence-corrected chi connectivity index (χ2v) is 9.03. The molecule has 1 aromatic carbocycles. The number of methoxy groups -OCH3 is 1. The van der Waals surface area contributed by atoms with Gasteiger partial charge in [0.05, 0.1) is 13.0 Å². The zero-order chi connectivity index (χ0) is 27.0. The number of pyridine rings is 1. The van der Waals surface area contributed by atoms with Gasteiger partial charge in [0.2, 0.25) is 6.79 Å². The fourth-order valence-corrected chi connectivity index (χ4v) is 4.10. The number of Topliss-reactive ketones (excluding diaryl/α,β-unsaturated/α-hetero) is 1. The number of esters is 2. The summed E-state index contributed by atoms with van der Waals surface area (Å²) in [4.78, 5) is 41.1. The Morgan fingerprint density at radius 2 is 1.78 bits per heavy atom. The Morgan fingerprint density at radius 1 is 1.08 bits per heavy atom. The van der Waals surface area contributed by atoms with Crippen molar-refractivity contribution < 1.29 is 37.7 Å². The highest BCUT2D eigenvalue weighted by Gasteiger charge is 2.30. The van der Waals surface area contributed by atoms with Crippen molar-refractivity contribution in [3.8, 4) is 11.5 Å². The lowest BCUT2D eigenvalue weighted by molar-refractivity contribution is -0.154. The standard InChI is InChI=1S/C27H34FNO7/c1-15(2)24(21-9-8-20(28)12-16(21)3)18(5)36-27(32)17(4)13-22(31)25-26(35-14-34-19(6)30)23(33-7)10-11-29-25/h8-12,15,17-18,24H,13-14H2,1-7H3/t17-,18+,24-/m1/s1. The zero-order valence-electron chi connectivity index (χ0n) is 21.8. The van der Waals surface area contributed by atoms with E-state index < -0.39 is 36.5 Å². The fourth-order valence-electron chi connectivity index (χ4n) is 4.10. The summed E-state index contributed by atoms with van der Waals surface area (Å²) < 4.78 is 34.8. The lowest BCUT2D eigenvalue weighted by Gasteiger charge is -2.30. The van der Waals surface area contributed by atoms with Crippen LogP contribution in [0.5, 0.6) is 11.5 Å². The minimum absolute atomic E-state index is 0.0202. The van der Waals surface area contributed by atoms with E-state index in [1.165, 1.54) is 38.4 Å². The molecule has 0 aliphatic rings. The summed E-state index contributed by atoms with van der Waals surface area (Å²) in [7, 11) is 1.40. The van der Waals surface area contributed by atoms with E-state index in [4.69, 9.17) is 18.9 Å². The molecule has 0 N–H and O–H groups in total. The molecule has 0 aliphatic carbocycles. The van der Waals surface area contributed by atoms with E-state index in [-0.39, 0.29) is 41.3 Å². The highest BCUT2D eigenvalue weighted by molar-refractivity contribution is 5.99. The number of nitrogens with zero attached hydrogens (tertiary/aromatic N) is 1. The van der Waals surface area contributed by atoms with Gasteiger partial charge in [-0.1, -0.05) is 26.8 Å². The van der Waals surface area contributed by atoms with Gasteiger partial charge in [-0.3, -0.25) is 14.4 Å². The molecular formula is C27H34FNO7. The van der Waals surface area contributed by atoms with E-state index >= 15 is 0 Å². The SMILES string of the molecule is COc1ccnc(C(=O)C[C@@H](C)C(=O)O[C@@H](C)[C@H](c2ccc(F)cc2C)C(C)C)c1OCOC(C)=O. The number of aryl methyl sites for hydroxylation is 1. The molecule has 8 nitrogen and oxygen atoms in total. The molecule has 2 rings (SSSR count). The maximum Gasteiger partial charge on any atom is 0.309 e. The third-order valence-electron chi connectivity index (χ3n) is 5.83. The van der Waals surface area contributed by atoms with Crippen molar-refractivity contribution in [3.63, 3.8) is 0 Å². The molecular weight excluding hydrogens is 469 g/mol. The molecule has 0 radical (unpaired) electrons. The van der Waals surface area contributed by atoms with Crippen molar-refractivity contribution in [2.75, 3.05) is 13.9 Å². The molecule has 0 unspecified atom stereocenters. The Hall–Kier alpha value is -3.49. The highest BCUT2D eigenvalue weighted by atomic mass is 19.1. The first-order valence-electron chi connectivity index (χ1n) is 11.7. The summed E-state index contributed by atoms with van der Waals surface area (Å²) in [6.07, 6.45) is 0.697. The Balaban J connectivity index is 2.14. The van der Waals surface area contributed by atoms with Crippen LogP contribution in [0.3, 0.4) is 0 Å². The number of benzene rings is 1. The number of hydrogen-bond donors (Lipinski definition) is 0. The van der Waals surface area contributed by atoms with Crippen LogP contribution in [-0.4, -0.2) is 42.7 Å². The van der Waals surface area contributed by atoms with Crippen LogP contribution in [0.4, 0.5) is 4.39 Å². The van der Waals surface area contributed by atoms with Crippen LogP contribution in [0, 0.1) is 24.6 Å². The first kappa shape index (κ1) is 28.7. The van der Waals surface area contributed by atoms with Gasteiger partial charge in [0, 0.05) is 31.5 Å². The molecule has 1 heterocycles. The van der Waals surface area contributed by atoms with Crippen LogP contribution in [0.1, 0.15) is 68.6 Å². The molecule has 0 saturated heterocycles. The summed E-state index contributed by atoms with van der Waals surface area (Å²) in [5.41, 5.74) is 1.65. The van der Waals surface area contributed by atoms with E-state index in [1.54, 1.807) is 19.9 Å². The Kier molecular flexibility index (Phi) is 10.4. The van der Waals surface area contributed by atoms with Crippen LogP contribution in [0.25, 0.3) is 0 Å². The minimum Gasteiger partial charge on any atom is -0.493 e. The van der Waals surface area contributed by atoms with Crippen molar-refractivity contribution in [1.82, 2.24) is 4.98 Å². The lowest BCUT2D eigenvalue weighted by Crippen LogP contribution is -2.30. The Bertz CT molecular complexity index is 1090. The van der Waals surface area contributed by atoms with E-state index in [9.17, 15) is 18.8 Å². The third kappa shape index (κ3) is 7.50. The molecule has 1 aromatic heterocycles. The third-order valence-corrected chi connectivity index (χ3v) is 5.83.